The molecule has 0 unspecified atom stereocenters. The molecule has 2 heteroatoms. The molecule has 0 radical (unpaired) electrons. The van der Waals surface area contributed by atoms with Crippen LogP contribution in [0.2, 0.25) is 0 Å². The van der Waals surface area contributed by atoms with Crippen LogP contribution in [0.15, 0.2) is 60.8 Å². The minimum Gasteiger partial charge on any atom is -0.335 e. The Labute approximate surface area is 129 Å². The number of terminal acetylenes is 1. The lowest BCUT2D eigenvalue weighted by atomic mass is 10.0. The highest BCUT2D eigenvalue weighted by atomic mass is 14.9. The summed E-state index contributed by atoms with van der Waals surface area (Å²) in [6, 6.07) is 20.0. The van der Waals surface area contributed by atoms with Crippen LogP contribution < -0.4 is 0 Å². The van der Waals surface area contributed by atoms with Crippen molar-refractivity contribution in [2.24, 2.45) is 0 Å². The predicted octanol–water partition coefficient (Wildman–Crippen LogP) is 4.34. The van der Waals surface area contributed by atoms with Crippen molar-refractivity contribution in [2.75, 3.05) is 0 Å². The number of benzene rings is 2. The lowest BCUT2D eigenvalue weighted by Crippen LogP contribution is -1.91. The van der Waals surface area contributed by atoms with Gasteiger partial charge in [0.1, 0.15) is 0 Å². The van der Waals surface area contributed by atoms with Gasteiger partial charge in [0.15, 0.2) is 0 Å². The maximum atomic E-state index is 9.47. The van der Waals surface area contributed by atoms with Crippen molar-refractivity contribution in [3.05, 3.63) is 71.9 Å². The van der Waals surface area contributed by atoms with Gasteiger partial charge in [-0.15, -0.1) is 6.42 Å². The van der Waals surface area contributed by atoms with E-state index in [0.717, 1.165) is 22.0 Å². The Balaban J connectivity index is 2.16. The van der Waals surface area contributed by atoms with E-state index in [9.17, 15) is 5.26 Å². The van der Waals surface area contributed by atoms with Crippen molar-refractivity contribution in [3.8, 4) is 18.4 Å². The Bertz CT molecular complexity index is 916. The van der Waals surface area contributed by atoms with Crippen LogP contribution in [0.1, 0.15) is 11.1 Å². The van der Waals surface area contributed by atoms with Gasteiger partial charge in [-0.25, -0.2) is 0 Å². The Morgan fingerprint density at radius 3 is 2.55 bits per heavy atom. The first-order chi connectivity index (χ1) is 10.8. The molecule has 104 valence electrons. The van der Waals surface area contributed by atoms with E-state index in [0.29, 0.717) is 12.1 Å². The number of fused-ring (bicyclic) bond motifs is 1. The fourth-order valence-electron chi connectivity index (χ4n) is 2.57. The minimum atomic E-state index is 0.515. The number of hydrogen-bond donors (Lipinski definition) is 0. The van der Waals surface area contributed by atoms with Crippen LogP contribution in [-0.4, -0.2) is 4.57 Å². The summed E-state index contributed by atoms with van der Waals surface area (Å²) in [5, 5.41) is 10.6. The molecule has 0 N–H and O–H groups in total. The van der Waals surface area contributed by atoms with Crippen molar-refractivity contribution in [1.29, 1.82) is 5.26 Å². The second-order valence-electron chi connectivity index (χ2n) is 4.97. The molecule has 0 aliphatic carbocycles. The number of hydrogen-bond acceptors (Lipinski definition) is 1. The fraction of sp³-hybridized carbons (Fsp3) is 0.0500. The zero-order chi connectivity index (χ0) is 15.4. The number of aromatic nitrogens is 1. The van der Waals surface area contributed by atoms with Crippen LogP contribution in [0.3, 0.4) is 0 Å². The molecule has 1 heterocycles. The minimum absolute atomic E-state index is 0.515. The highest BCUT2D eigenvalue weighted by Crippen LogP contribution is 2.25. The van der Waals surface area contributed by atoms with Crippen LogP contribution in [0.25, 0.3) is 22.6 Å². The van der Waals surface area contributed by atoms with Gasteiger partial charge in [0, 0.05) is 22.7 Å². The monoisotopic (exact) mass is 282 g/mol. The highest BCUT2D eigenvalue weighted by Gasteiger charge is 2.07. The first-order valence-corrected chi connectivity index (χ1v) is 7.02. The summed E-state index contributed by atoms with van der Waals surface area (Å²) < 4.78 is 2.03. The van der Waals surface area contributed by atoms with Crippen LogP contribution in [-0.2, 0) is 6.54 Å². The molecule has 22 heavy (non-hydrogen) atoms. The third-order valence-electron chi connectivity index (χ3n) is 3.59. The number of para-hydroxylation sites is 1. The van der Waals surface area contributed by atoms with Gasteiger partial charge >= 0.3 is 0 Å². The highest BCUT2D eigenvalue weighted by molar-refractivity contribution is 5.98. The van der Waals surface area contributed by atoms with Crippen molar-refractivity contribution in [3.63, 3.8) is 0 Å². The van der Waals surface area contributed by atoms with Crippen LogP contribution >= 0.6 is 0 Å². The molecule has 0 bridgehead atoms. The maximum absolute atomic E-state index is 9.47. The molecule has 0 saturated heterocycles. The van der Waals surface area contributed by atoms with Crippen molar-refractivity contribution in [2.45, 2.75) is 6.54 Å². The lowest BCUT2D eigenvalue weighted by molar-refractivity contribution is 0.886. The van der Waals surface area contributed by atoms with E-state index in [1.807, 2.05) is 71.4 Å². The average Bonchev–Trinajstić information content (AvgIpc) is 2.92. The van der Waals surface area contributed by atoms with E-state index in [-0.39, 0.29) is 0 Å². The second kappa shape index (κ2) is 6.04. The van der Waals surface area contributed by atoms with Crippen molar-refractivity contribution < 1.29 is 0 Å². The Morgan fingerprint density at radius 2 is 1.82 bits per heavy atom. The average molecular weight is 282 g/mol. The van der Waals surface area contributed by atoms with Gasteiger partial charge in [-0.05, 0) is 17.7 Å². The third-order valence-corrected chi connectivity index (χ3v) is 3.59. The molecule has 0 aliphatic rings. The molecule has 0 fully saturated rings. The molecule has 0 amide bonds. The standard InChI is InChI=1S/C20H14N2/c1-2-12-22-15-18(19-10-6-7-11-20(19)22)13-17(14-21)16-8-4-3-5-9-16/h1,3-11,13,15H,12H2/b17-13-. The lowest BCUT2D eigenvalue weighted by Gasteiger charge is -1.98. The van der Waals surface area contributed by atoms with E-state index in [2.05, 4.69) is 12.0 Å². The van der Waals surface area contributed by atoms with Crippen molar-refractivity contribution >= 4 is 22.6 Å². The molecule has 0 aliphatic heterocycles. The Kier molecular flexibility index (Phi) is 3.77. The van der Waals surface area contributed by atoms with Crippen LogP contribution in [0.4, 0.5) is 0 Å². The normalized spacial score (nSPS) is 11.1. The fourth-order valence-corrected chi connectivity index (χ4v) is 2.57. The van der Waals surface area contributed by atoms with Gasteiger partial charge < -0.3 is 4.57 Å². The summed E-state index contributed by atoms with van der Waals surface area (Å²) in [5.41, 5.74) is 3.64. The predicted molar refractivity (Wildman–Crippen MR) is 90.7 cm³/mol. The summed E-state index contributed by atoms with van der Waals surface area (Å²) in [4.78, 5) is 0. The molecule has 3 rings (SSSR count). The van der Waals surface area contributed by atoms with Gasteiger partial charge in [-0.2, -0.15) is 5.26 Å². The van der Waals surface area contributed by atoms with Gasteiger partial charge in [-0.3, -0.25) is 0 Å². The zero-order valence-electron chi connectivity index (χ0n) is 12.0. The molecule has 0 atom stereocenters. The van der Waals surface area contributed by atoms with E-state index >= 15 is 0 Å². The van der Waals surface area contributed by atoms with E-state index in [4.69, 9.17) is 6.42 Å². The van der Waals surface area contributed by atoms with Crippen LogP contribution in [0.5, 0.6) is 0 Å². The largest absolute Gasteiger partial charge is 0.335 e. The summed E-state index contributed by atoms with van der Waals surface area (Å²) >= 11 is 0. The summed E-state index contributed by atoms with van der Waals surface area (Å²) in [6.07, 6.45) is 9.37. The van der Waals surface area contributed by atoms with Crippen LogP contribution in [0, 0.1) is 23.7 Å². The molecule has 1 aromatic heterocycles. The second-order valence-corrected chi connectivity index (χ2v) is 4.97. The maximum Gasteiger partial charge on any atom is 0.0998 e. The molecule has 0 saturated carbocycles. The van der Waals surface area contributed by atoms with Crippen molar-refractivity contribution in [1.82, 2.24) is 4.57 Å². The summed E-state index contributed by atoms with van der Waals surface area (Å²) in [5.74, 6) is 2.67. The molecular formula is C20H14N2. The van der Waals surface area contributed by atoms with Gasteiger partial charge in [0.25, 0.3) is 0 Å². The number of allylic oxidation sites excluding steroid dienone is 1. The van der Waals surface area contributed by atoms with E-state index < -0.39 is 0 Å². The molecule has 2 aromatic carbocycles. The number of nitriles is 1. The molecule has 2 nitrogen and oxygen atoms in total. The zero-order valence-corrected chi connectivity index (χ0v) is 12.0. The molecule has 0 spiro atoms. The van der Waals surface area contributed by atoms with Gasteiger partial charge in [-0.1, -0.05) is 54.5 Å². The first-order valence-electron chi connectivity index (χ1n) is 7.02. The van der Waals surface area contributed by atoms with E-state index in [1.165, 1.54) is 0 Å². The van der Waals surface area contributed by atoms with Gasteiger partial charge in [0.2, 0.25) is 0 Å². The number of rotatable bonds is 3. The molecular weight excluding hydrogens is 268 g/mol. The Hall–Kier alpha value is -3.23. The summed E-state index contributed by atoms with van der Waals surface area (Å²) in [6.45, 7) is 0.515. The molecule has 3 aromatic rings. The number of nitrogens with zero attached hydrogens (tertiary/aromatic N) is 2. The third kappa shape index (κ3) is 2.51. The van der Waals surface area contributed by atoms with Gasteiger partial charge in [0.05, 0.1) is 18.2 Å². The topological polar surface area (TPSA) is 28.7 Å². The van der Waals surface area contributed by atoms with E-state index in [1.54, 1.807) is 0 Å². The smallest absolute Gasteiger partial charge is 0.0998 e. The SMILES string of the molecule is C#CCn1cc(/C=C(/C#N)c2ccccc2)c2ccccc21. The summed E-state index contributed by atoms with van der Waals surface area (Å²) in [7, 11) is 0. The quantitative estimate of drug-likeness (QED) is 0.519. The first kappa shape index (κ1) is 13.7. The Morgan fingerprint density at radius 1 is 1.09 bits per heavy atom.